The van der Waals surface area contributed by atoms with E-state index in [4.69, 9.17) is 33.7 Å². The van der Waals surface area contributed by atoms with Gasteiger partial charge in [0.05, 0.1) is 12.6 Å². The molecule has 144 valence electrons. The summed E-state index contributed by atoms with van der Waals surface area (Å²) in [5.41, 5.74) is 7.48. The molecule has 0 saturated heterocycles. The molecule has 2 aromatic rings. The first-order chi connectivity index (χ1) is 12.8. The van der Waals surface area contributed by atoms with Gasteiger partial charge in [0, 0.05) is 28.7 Å². The number of anilines is 1. The predicted molar refractivity (Wildman–Crippen MR) is 111 cm³/mol. The Labute approximate surface area is 168 Å². The first-order valence-electron chi connectivity index (χ1n) is 8.37. The Balaban J connectivity index is 1.83. The molecule has 2 rings (SSSR count). The summed E-state index contributed by atoms with van der Waals surface area (Å²) in [5.74, 6) is 0.805. The number of halogens is 2. The largest absolute Gasteiger partial charge is 0.492 e. The molecule has 1 unspecified atom stereocenters. The van der Waals surface area contributed by atoms with Crippen molar-refractivity contribution in [1.29, 1.82) is 0 Å². The van der Waals surface area contributed by atoms with Crippen molar-refractivity contribution in [1.82, 2.24) is 5.32 Å². The summed E-state index contributed by atoms with van der Waals surface area (Å²) in [7, 11) is 0. The second-order valence-corrected chi connectivity index (χ2v) is 6.70. The summed E-state index contributed by atoms with van der Waals surface area (Å²) in [6, 6.07) is 12.3. The van der Waals surface area contributed by atoms with E-state index in [0.29, 0.717) is 40.6 Å². The standard InChI is InChI=1S/C19H22Cl2N4O2/c1-12(17-7-6-14(20)10-18(17)21)24-19(22)23-8-9-27-16-5-3-4-15(11-16)25-13(2)26/h3-7,10-12H,8-9H2,1-2H3,(H,25,26)(H3,22,23,24). The van der Waals surface area contributed by atoms with Crippen LogP contribution >= 0.6 is 23.2 Å². The van der Waals surface area contributed by atoms with E-state index in [1.54, 1.807) is 36.4 Å². The zero-order valence-corrected chi connectivity index (χ0v) is 16.6. The van der Waals surface area contributed by atoms with Crippen LogP contribution in [0, 0.1) is 0 Å². The number of carbonyl (C=O) groups excluding carboxylic acids is 1. The van der Waals surface area contributed by atoms with Gasteiger partial charge in [0.15, 0.2) is 5.96 Å². The maximum Gasteiger partial charge on any atom is 0.221 e. The second-order valence-electron chi connectivity index (χ2n) is 5.86. The smallest absolute Gasteiger partial charge is 0.221 e. The van der Waals surface area contributed by atoms with Gasteiger partial charge in [-0.15, -0.1) is 0 Å². The molecule has 0 spiro atoms. The van der Waals surface area contributed by atoms with Gasteiger partial charge in [-0.3, -0.25) is 4.79 Å². The van der Waals surface area contributed by atoms with Gasteiger partial charge in [0.25, 0.3) is 0 Å². The lowest BCUT2D eigenvalue weighted by Gasteiger charge is -2.16. The van der Waals surface area contributed by atoms with Crippen molar-refractivity contribution in [3.8, 4) is 5.75 Å². The molecular formula is C19H22Cl2N4O2. The average Bonchev–Trinajstić information content (AvgIpc) is 2.58. The van der Waals surface area contributed by atoms with Crippen molar-refractivity contribution < 1.29 is 9.53 Å². The lowest BCUT2D eigenvalue weighted by atomic mass is 10.1. The number of nitrogens with one attached hydrogen (secondary N) is 2. The number of ether oxygens (including phenoxy) is 1. The molecule has 0 heterocycles. The number of amides is 1. The lowest BCUT2D eigenvalue weighted by molar-refractivity contribution is -0.114. The summed E-state index contributed by atoms with van der Waals surface area (Å²) in [6.07, 6.45) is 0. The van der Waals surface area contributed by atoms with Crippen molar-refractivity contribution in [3.05, 3.63) is 58.1 Å². The molecule has 0 bridgehead atoms. The quantitative estimate of drug-likeness (QED) is 0.367. The number of guanidine groups is 1. The van der Waals surface area contributed by atoms with Crippen LogP contribution in [0.15, 0.2) is 47.5 Å². The number of hydrogen-bond donors (Lipinski definition) is 3. The van der Waals surface area contributed by atoms with E-state index in [-0.39, 0.29) is 11.9 Å². The van der Waals surface area contributed by atoms with Crippen LogP contribution in [0.1, 0.15) is 25.5 Å². The lowest BCUT2D eigenvalue weighted by Crippen LogP contribution is -2.34. The van der Waals surface area contributed by atoms with E-state index >= 15 is 0 Å². The Morgan fingerprint density at radius 1 is 1.26 bits per heavy atom. The van der Waals surface area contributed by atoms with Crippen molar-refractivity contribution >= 4 is 40.8 Å². The number of carbonyl (C=O) groups is 1. The minimum Gasteiger partial charge on any atom is -0.492 e. The molecule has 8 heteroatoms. The topological polar surface area (TPSA) is 88.7 Å². The number of benzene rings is 2. The summed E-state index contributed by atoms with van der Waals surface area (Å²) in [6.45, 7) is 4.12. The fourth-order valence-electron chi connectivity index (χ4n) is 2.39. The average molecular weight is 409 g/mol. The molecule has 0 radical (unpaired) electrons. The van der Waals surface area contributed by atoms with Gasteiger partial charge in [-0.05, 0) is 36.8 Å². The van der Waals surface area contributed by atoms with Gasteiger partial charge in [-0.25, -0.2) is 4.99 Å². The third kappa shape index (κ3) is 7.00. The highest BCUT2D eigenvalue weighted by Crippen LogP contribution is 2.25. The van der Waals surface area contributed by atoms with E-state index < -0.39 is 0 Å². The highest BCUT2D eigenvalue weighted by molar-refractivity contribution is 6.35. The number of rotatable bonds is 7. The molecule has 1 atom stereocenters. The number of aliphatic imine (C=N–C) groups is 1. The van der Waals surface area contributed by atoms with E-state index in [1.165, 1.54) is 6.92 Å². The van der Waals surface area contributed by atoms with Crippen LogP contribution in [0.5, 0.6) is 5.75 Å². The van der Waals surface area contributed by atoms with Gasteiger partial charge in [0.1, 0.15) is 12.4 Å². The molecule has 4 N–H and O–H groups in total. The van der Waals surface area contributed by atoms with Crippen LogP contribution in [-0.2, 0) is 4.79 Å². The van der Waals surface area contributed by atoms with Crippen molar-refractivity contribution in [2.75, 3.05) is 18.5 Å². The number of nitrogens with two attached hydrogens (primary N) is 1. The van der Waals surface area contributed by atoms with Crippen LogP contribution in [-0.4, -0.2) is 25.0 Å². The Kier molecular flexibility index (Phi) is 7.76. The Morgan fingerprint density at radius 3 is 2.74 bits per heavy atom. The fourth-order valence-corrected chi connectivity index (χ4v) is 2.97. The minimum atomic E-state index is -0.134. The SMILES string of the molecule is CC(=O)Nc1cccc(OCCN=C(N)NC(C)c2ccc(Cl)cc2Cl)c1. The molecule has 0 aromatic heterocycles. The second kappa shape index (κ2) is 10.0. The van der Waals surface area contributed by atoms with Crippen LogP contribution in [0.3, 0.4) is 0 Å². The van der Waals surface area contributed by atoms with Gasteiger partial charge in [0.2, 0.25) is 5.91 Å². The molecule has 0 fully saturated rings. The first kappa shape index (κ1) is 20.9. The van der Waals surface area contributed by atoms with Crippen molar-refractivity contribution in [2.24, 2.45) is 10.7 Å². The highest BCUT2D eigenvalue weighted by atomic mass is 35.5. The molecule has 1 amide bonds. The zero-order chi connectivity index (χ0) is 19.8. The minimum absolute atomic E-state index is 0.117. The van der Waals surface area contributed by atoms with E-state index in [2.05, 4.69) is 15.6 Å². The summed E-state index contributed by atoms with van der Waals surface area (Å²) >= 11 is 12.1. The molecule has 6 nitrogen and oxygen atoms in total. The summed E-state index contributed by atoms with van der Waals surface area (Å²) in [5, 5.41) is 6.93. The Hall–Kier alpha value is -2.44. The van der Waals surface area contributed by atoms with Crippen LogP contribution < -0.4 is 21.1 Å². The maximum absolute atomic E-state index is 11.1. The highest BCUT2D eigenvalue weighted by Gasteiger charge is 2.10. The van der Waals surface area contributed by atoms with Crippen LogP contribution in [0.4, 0.5) is 5.69 Å². The normalized spacial score (nSPS) is 12.4. The number of hydrogen-bond acceptors (Lipinski definition) is 3. The predicted octanol–water partition coefficient (Wildman–Crippen LogP) is 4.00. The van der Waals surface area contributed by atoms with E-state index in [0.717, 1.165) is 5.56 Å². The van der Waals surface area contributed by atoms with Gasteiger partial charge < -0.3 is 21.1 Å². The third-order valence-corrected chi connectivity index (χ3v) is 4.15. The monoisotopic (exact) mass is 408 g/mol. The van der Waals surface area contributed by atoms with Crippen molar-refractivity contribution in [2.45, 2.75) is 19.9 Å². The van der Waals surface area contributed by atoms with E-state index in [1.807, 2.05) is 13.0 Å². The molecule has 0 aliphatic rings. The van der Waals surface area contributed by atoms with Crippen LogP contribution in [0.2, 0.25) is 10.0 Å². The molecule has 0 aliphatic carbocycles. The summed E-state index contributed by atoms with van der Waals surface area (Å²) in [4.78, 5) is 15.3. The zero-order valence-electron chi connectivity index (χ0n) is 15.1. The first-order valence-corrected chi connectivity index (χ1v) is 9.12. The third-order valence-electron chi connectivity index (χ3n) is 3.59. The number of nitrogens with zero attached hydrogens (tertiary/aromatic N) is 1. The Morgan fingerprint density at radius 2 is 2.04 bits per heavy atom. The fraction of sp³-hybridized carbons (Fsp3) is 0.263. The molecule has 0 saturated carbocycles. The van der Waals surface area contributed by atoms with Gasteiger partial charge in [-0.1, -0.05) is 35.3 Å². The molecule has 27 heavy (non-hydrogen) atoms. The summed E-state index contributed by atoms with van der Waals surface area (Å²) < 4.78 is 5.62. The van der Waals surface area contributed by atoms with Crippen LogP contribution in [0.25, 0.3) is 0 Å². The molecule has 0 aliphatic heterocycles. The molecular weight excluding hydrogens is 387 g/mol. The molecule has 2 aromatic carbocycles. The van der Waals surface area contributed by atoms with Gasteiger partial charge >= 0.3 is 0 Å². The Bertz CT molecular complexity index is 827. The van der Waals surface area contributed by atoms with Crippen molar-refractivity contribution in [3.63, 3.8) is 0 Å². The maximum atomic E-state index is 11.1. The van der Waals surface area contributed by atoms with Gasteiger partial charge in [-0.2, -0.15) is 0 Å². The van der Waals surface area contributed by atoms with E-state index in [9.17, 15) is 4.79 Å².